The molecular weight excluding hydrogens is 262 g/mol. The maximum Gasteiger partial charge on any atom is 0.133 e. The zero-order valence-electron chi connectivity index (χ0n) is 12.3. The lowest BCUT2D eigenvalue weighted by Crippen LogP contribution is -2.00. The van der Waals surface area contributed by atoms with E-state index in [1.807, 2.05) is 48.1 Å². The fourth-order valence-electron chi connectivity index (χ4n) is 2.41. The predicted molar refractivity (Wildman–Crippen MR) is 85.7 cm³/mol. The molecule has 0 aliphatic heterocycles. The Kier molecular flexibility index (Phi) is 3.77. The Morgan fingerprint density at radius 2 is 1.86 bits per heavy atom. The van der Waals surface area contributed by atoms with Gasteiger partial charge in [0.2, 0.25) is 0 Å². The molecule has 0 bridgehead atoms. The summed E-state index contributed by atoms with van der Waals surface area (Å²) in [6.07, 6.45) is 0. The summed E-state index contributed by atoms with van der Waals surface area (Å²) in [4.78, 5) is 0. The maximum absolute atomic E-state index is 5.85. The lowest BCUT2D eigenvalue weighted by molar-refractivity contribution is 0.301. The highest BCUT2D eigenvalue weighted by molar-refractivity contribution is 5.81. The van der Waals surface area contributed by atoms with Gasteiger partial charge >= 0.3 is 0 Å². The van der Waals surface area contributed by atoms with Crippen LogP contribution in [-0.4, -0.2) is 16.8 Å². The molecule has 0 aliphatic rings. The van der Waals surface area contributed by atoms with Crippen LogP contribution in [0.4, 0.5) is 5.69 Å². The van der Waals surface area contributed by atoms with Gasteiger partial charge in [0, 0.05) is 24.7 Å². The van der Waals surface area contributed by atoms with E-state index in [1.54, 1.807) is 0 Å². The Morgan fingerprint density at radius 3 is 2.57 bits per heavy atom. The number of para-hydroxylation sites is 1. The van der Waals surface area contributed by atoms with Crippen molar-refractivity contribution in [2.75, 3.05) is 12.4 Å². The lowest BCUT2D eigenvalue weighted by atomic mass is 10.2. The second-order valence-corrected chi connectivity index (χ2v) is 4.84. The molecule has 0 amide bonds. The molecule has 0 unspecified atom stereocenters. The van der Waals surface area contributed by atoms with E-state index in [2.05, 4.69) is 29.5 Å². The minimum atomic E-state index is 0.479. The first-order valence-corrected chi connectivity index (χ1v) is 7.17. The molecule has 0 saturated carbocycles. The van der Waals surface area contributed by atoms with Gasteiger partial charge in [-0.05, 0) is 37.3 Å². The normalized spacial score (nSPS) is 10.8. The summed E-state index contributed by atoms with van der Waals surface area (Å²) >= 11 is 0. The van der Waals surface area contributed by atoms with E-state index in [0.29, 0.717) is 6.61 Å². The maximum atomic E-state index is 5.85. The standard InChI is InChI=1S/C17H19N3O/c1-3-20-17-7-5-4-6-15(17)16(19-20)12-21-14-10-8-13(18-2)9-11-14/h4-11,18H,3,12H2,1-2H3. The molecule has 1 N–H and O–H groups in total. The van der Waals surface area contributed by atoms with Crippen LogP contribution in [0.1, 0.15) is 12.6 Å². The molecule has 0 atom stereocenters. The number of fused-ring (bicyclic) bond motifs is 1. The van der Waals surface area contributed by atoms with Crippen molar-refractivity contribution in [2.45, 2.75) is 20.1 Å². The number of nitrogens with zero attached hydrogens (tertiary/aromatic N) is 2. The van der Waals surface area contributed by atoms with Gasteiger partial charge in [-0.1, -0.05) is 18.2 Å². The highest BCUT2D eigenvalue weighted by atomic mass is 16.5. The second-order valence-electron chi connectivity index (χ2n) is 4.84. The molecule has 0 radical (unpaired) electrons. The predicted octanol–water partition coefficient (Wildman–Crippen LogP) is 3.68. The number of aryl methyl sites for hydroxylation is 1. The van der Waals surface area contributed by atoms with Gasteiger partial charge < -0.3 is 10.1 Å². The molecule has 3 aromatic rings. The molecule has 4 heteroatoms. The molecule has 1 aromatic heterocycles. The van der Waals surface area contributed by atoms with Crippen LogP contribution in [0, 0.1) is 0 Å². The van der Waals surface area contributed by atoms with Gasteiger partial charge in [-0.15, -0.1) is 0 Å². The van der Waals surface area contributed by atoms with Crippen molar-refractivity contribution in [3.63, 3.8) is 0 Å². The molecule has 21 heavy (non-hydrogen) atoms. The van der Waals surface area contributed by atoms with Gasteiger partial charge in [-0.3, -0.25) is 4.68 Å². The highest BCUT2D eigenvalue weighted by Gasteiger charge is 2.09. The van der Waals surface area contributed by atoms with Crippen LogP contribution in [0.25, 0.3) is 10.9 Å². The summed E-state index contributed by atoms with van der Waals surface area (Å²) < 4.78 is 7.87. The third-order valence-electron chi connectivity index (χ3n) is 3.55. The van der Waals surface area contributed by atoms with E-state index >= 15 is 0 Å². The fraction of sp³-hybridized carbons (Fsp3) is 0.235. The van der Waals surface area contributed by atoms with Crippen molar-refractivity contribution < 1.29 is 4.74 Å². The van der Waals surface area contributed by atoms with Gasteiger partial charge in [0.05, 0.1) is 5.52 Å². The third-order valence-corrected chi connectivity index (χ3v) is 3.55. The SMILES string of the molecule is CCn1nc(COc2ccc(NC)cc2)c2ccccc21. The van der Waals surface area contributed by atoms with Crippen LogP contribution in [-0.2, 0) is 13.2 Å². The van der Waals surface area contributed by atoms with Crippen molar-refractivity contribution in [3.8, 4) is 5.75 Å². The molecule has 108 valence electrons. The number of nitrogens with one attached hydrogen (secondary N) is 1. The lowest BCUT2D eigenvalue weighted by Gasteiger charge is -2.06. The molecular formula is C17H19N3O. The zero-order chi connectivity index (χ0) is 14.7. The minimum absolute atomic E-state index is 0.479. The Labute approximate surface area is 124 Å². The van der Waals surface area contributed by atoms with Crippen LogP contribution in [0.15, 0.2) is 48.5 Å². The Bertz CT molecular complexity index is 731. The summed E-state index contributed by atoms with van der Waals surface area (Å²) in [5.74, 6) is 0.851. The fourth-order valence-corrected chi connectivity index (χ4v) is 2.41. The van der Waals surface area contributed by atoms with Crippen LogP contribution < -0.4 is 10.1 Å². The Hall–Kier alpha value is -2.49. The number of aromatic nitrogens is 2. The summed E-state index contributed by atoms with van der Waals surface area (Å²) in [5, 5.41) is 8.89. The van der Waals surface area contributed by atoms with E-state index < -0.39 is 0 Å². The molecule has 0 saturated heterocycles. The molecule has 4 nitrogen and oxygen atoms in total. The number of hydrogen-bond acceptors (Lipinski definition) is 3. The van der Waals surface area contributed by atoms with E-state index in [4.69, 9.17) is 4.74 Å². The van der Waals surface area contributed by atoms with E-state index in [-0.39, 0.29) is 0 Å². The van der Waals surface area contributed by atoms with E-state index in [9.17, 15) is 0 Å². The second kappa shape index (κ2) is 5.87. The molecule has 0 spiro atoms. The topological polar surface area (TPSA) is 39.1 Å². The summed E-state index contributed by atoms with van der Waals surface area (Å²) in [5.41, 5.74) is 3.21. The van der Waals surface area contributed by atoms with Gasteiger partial charge in [0.1, 0.15) is 18.1 Å². The number of rotatable bonds is 5. The average Bonchev–Trinajstić information content (AvgIpc) is 2.91. The molecule has 3 rings (SSSR count). The summed E-state index contributed by atoms with van der Waals surface area (Å²) in [7, 11) is 1.90. The van der Waals surface area contributed by atoms with Crippen molar-refractivity contribution in [1.29, 1.82) is 0 Å². The Balaban J connectivity index is 1.81. The van der Waals surface area contributed by atoms with Crippen molar-refractivity contribution in [1.82, 2.24) is 9.78 Å². The summed E-state index contributed by atoms with van der Waals surface area (Å²) in [6, 6.07) is 16.2. The van der Waals surface area contributed by atoms with Crippen LogP contribution in [0.2, 0.25) is 0 Å². The first-order chi connectivity index (χ1) is 10.3. The minimum Gasteiger partial charge on any atom is -0.487 e. The number of hydrogen-bond donors (Lipinski definition) is 1. The van der Waals surface area contributed by atoms with Gasteiger partial charge in [0.25, 0.3) is 0 Å². The third kappa shape index (κ3) is 2.70. The summed E-state index contributed by atoms with van der Waals surface area (Å²) in [6.45, 7) is 3.43. The van der Waals surface area contributed by atoms with E-state index in [0.717, 1.165) is 34.6 Å². The van der Waals surface area contributed by atoms with Crippen molar-refractivity contribution >= 4 is 16.6 Å². The van der Waals surface area contributed by atoms with Crippen LogP contribution >= 0.6 is 0 Å². The quantitative estimate of drug-likeness (QED) is 0.775. The monoisotopic (exact) mass is 281 g/mol. The van der Waals surface area contributed by atoms with E-state index in [1.165, 1.54) is 0 Å². The highest BCUT2D eigenvalue weighted by Crippen LogP contribution is 2.21. The largest absolute Gasteiger partial charge is 0.487 e. The number of anilines is 1. The van der Waals surface area contributed by atoms with Gasteiger partial charge in [0.15, 0.2) is 0 Å². The average molecular weight is 281 g/mol. The molecule has 0 aliphatic carbocycles. The zero-order valence-corrected chi connectivity index (χ0v) is 12.3. The smallest absolute Gasteiger partial charge is 0.133 e. The first kappa shape index (κ1) is 13.5. The molecule has 2 aromatic carbocycles. The van der Waals surface area contributed by atoms with Crippen molar-refractivity contribution in [2.24, 2.45) is 0 Å². The van der Waals surface area contributed by atoms with Crippen molar-refractivity contribution in [3.05, 3.63) is 54.2 Å². The van der Waals surface area contributed by atoms with Gasteiger partial charge in [-0.25, -0.2) is 0 Å². The molecule has 0 fully saturated rings. The first-order valence-electron chi connectivity index (χ1n) is 7.17. The van der Waals surface area contributed by atoms with Crippen LogP contribution in [0.3, 0.4) is 0 Å². The van der Waals surface area contributed by atoms with Gasteiger partial charge in [-0.2, -0.15) is 5.10 Å². The number of ether oxygens (including phenoxy) is 1. The molecule has 1 heterocycles. The number of benzene rings is 2. The van der Waals surface area contributed by atoms with Crippen LogP contribution in [0.5, 0.6) is 5.75 Å². The Morgan fingerprint density at radius 1 is 1.10 bits per heavy atom.